The number of hydrogen-bond donors (Lipinski definition) is 2. The maximum atomic E-state index is 11.8. The van der Waals surface area contributed by atoms with Crippen LogP contribution in [0.5, 0.6) is 0 Å². The first kappa shape index (κ1) is 25.2. The molecule has 0 unspecified atom stereocenters. The first-order chi connectivity index (χ1) is 14.4. The van der Waals surface area contributed by atoms with Crippen molar-refractivity contribution in [1.82, 2.24) is 10.6 Å². The van der Waals surface area contributed by atoms with Crippen LogP contribution in [0.15, 0.2) is 64.5 Å². The second kappa shape index (κ2) is 11.5. The molecule has 0 aliphatic carbocycles. The standard InChI is InChI=1S/C23H30N4O2S.HI/c1-4-24-23(26-17-20-9-12-22(18(2)15-20)30(3,28)29)25-16-19-7-10-21(11-8-19)27-13-5-6-14-27;/h5-12,15H,4,13-14,16-17H2,1-3H3,(H2,24,25,26);1H. The van der Waals surface area contributed by atoms with Crippen molar-refractivity contribution in [2.24, 2.45) is 4.99 Å². The van der Waals surface area contributed by atoms with E-state index in [1.165, 1.54) is 17.5 Å². The molecule has 2 aromatic carbocycles. The third kappa shape index (κ3) is 7.24. The van der Waals surface area contributed by atoms with E-state index in [1.54, 1.807) is 6.07 Å². The van der Waals surface area contributed by atoms with Gasteiger partial charge in [-0.2, -0.15) is 0 Å². The van der Waals surface area contributed by atoms with Crippen molar-refractivity contribution in [3.05, 3.63) is 71.3 Å². The zero-order valence-corrected chi connectivity index (χ0v) is 21.4. The Morgan fingerprint density at radius 1 is 1.03 bits per heavy atom. The minimum Gasteiger partial charge on any atom is -0.364 e. The van der Waals surface area contributed by atoms with E-state index in [4.69, 9.17) is 0 Å². The number of nitrogens with zero attached hydrogens (tertiary/aromatic N) is 2. The van der Waals surface area contributed by atoms with Crippen molar-refractivity contribution in [2.75, 3.05) is 30.8 Å². The molecule has 0 radical (unpaired) electrons. The number of hydrogen-bond acceptors (Lipinski definition) is 4. The van der Waals surface area contributed by atoms with Gasteiger partial charge < -0.3 is 15.5 Å². The Labute approximate surface area is 202 Å². The minimum absolute atomic E-state index is 0. The van der Waals surface area contributed by atoms with Crippen molar-refractivity contribution in [3.8, 4) is 0 Å². The van der Waals surface area contributed by atoms with Gasteiger partial charge in [-0.15, -0.1) is 24.0 Å². The summed E-state index contributed by atoms with van der Waals surface area (Å²) in [6, 6.07) is 13.9. The molecule has 3 rings (SSSR count). The molecule has 0 spiro atoms. The lowest BCUT2D eigenvalue weighted by atomic mass is 10.1. The zero-order valence-electron chi connectivity index (χ0n) is 18.3. The van der Waals surface area contributed by atoms with Gasteiger partial charge in [-0.3, -0.25) is 0 Å². The average molecular weight is 554 g/mol. The minimum atomic E-state index is -3.21. The Kier molecular flexibility index (Phi) is 9.36. The van der Waals surface area contributed by atoms with Gasteiger partial charge in [-0.05, 0) is 48.7 Å². The number of aryl methyl sites for hydroxylation is 1. The summed E-state index contributed by atoms with van der Waals surface area (Å²) in [6.07, 6.45) is 5.60. The van der Waals surface area contributed by atoms with Crippen molar-refractivity contribution < 1.29 is 8.42 Å². The van der Waals surface area contributed by atoms with E-state index in [0.29, 0.717) is 18.0 Å². The third-order valence-electron chi connectivity index (χ3n) is 4.98. The maximum Gasteiger partial charge on any atom is 0.191 e. The van der Waals surface area contributed by atoms with Gasteiger partial charge in [-0.25, -0.2) is 13.4 Å². The number of halogens is 1. The Balaban J connectivity index is 0.00000341. The number of rotatable bonds is 7. The molecule has 1 heterocycles. The fourth-order valence-corrected chi connectivity index (χ4v) is 4.40. The highest BCUT2D eigenvalue weighted by Crippen LogP contribution is 2.18. The molecule has 31 heavy (non-hydrogen) atoms. The monoisotopic (exact) mass is 554 g/mol. The fraction of sp³-hybridized carbons (Fsp3) is 0.348. The molecule has 0 amide bonds. The first-order valence-electron chi connectivity index (χ1n) is 10.2. The third-order valence-corrected chi connectivity index (χ3v) is 6.24. The molecule has 168 valence electrons. The Bertz CT molecular complexity index is 1030. The van der Waals surface area contributed by atoms with Crippen LogP contribution in [0.2, 0.25) is 0 Å². The number of aliphatic imine (C=N–C) groups is 1. The molecule has 2 aromatic rings. The summed E-state index contributed by atoms with van der Waals surface area (Å²) in [6.45, 7) is 7.70. The highest BCUT2D eigenvalue weighted by atomic mass is 127. The molecular weight excluding hydrogens is 523 g/mol. The van der Waals surface area contributed by atoms with Crippen LogP contribution in [0, 0.1) is 6.92 Å². The summed E-state index contributed by atoms with van der Waals surface area (Å²) < 4.78 is 23.6. The summed E-state index contributed by atoms with van der Waals surface area (Å²) >= 11 is 0. The van der Waals surface area contributed by atoms with E-state index in [2.05, 4.69) is 56.9 Å². The fourth-order valence-electron chi connectivity index (χ4n) is 3.44. The predicted molar refractivity (Wildman–Crippen MR) is 139 cm³/mol. The molecule has 0 saturated carbocycles. The molecule has 1 aliphatic rings. The molecule has 0 aromatic heterocycles. The first-order valence-corrected chi connectivity index (χ1v) is 12.1. The van der Waals surface area contributed by atoms with Crippen LogP contribution in [0.4, 0.5) is 5.69 Å². The number of guanidine groups is 1. The van der Waals surface area contributed by atoms with Crippen LogP contribution in [0.3, 0.4) is 0 Å². The van der Waals surface area contributed by atoms with Crippen LogP contribution in [0.25, 0.3) is 0 Å². The zero-order chi connectivity index (χ0) is 21.6. The molecule has 0 fully saturated rings. The van der Waals surface area contributed by atoms with Crippen LogP contribution < -0.4 is 15.5 Å². The highest BCUT2D eigenvalue weighted by Gasteiger charge is 2.11. The Morgan fingerprint density at radius 3 is 2.26 bits per heavy atom. The van der Waals surface area contributed by atoms with E-state index >= 15 is 0 Å². The van der Waals surface area contributed by atoms with E-state index in [-0.39, 0.29) is 24.0 Å². The molecule has 2 N–H and O–H groups in total. The lowest BCUT2D eigenvalue weighted by Crippen LogP contribution is -2.36. The normalized spacial score (nSPS) is 13.8. The van der Waals surface area contributed by atoms with Gasteiger partial charge in [0, 0.05) is 38.1 Å². The maximum absolute atomic E-state index is 11.8. The lowest BCUT2D eigenvalue weighted by molar-refractivity contribution is 0.601. The van der Waals surface area contributed by atoms with Crippen LogP contribution >= 0.6 is 24.0 Å². The van der Waals surface area contributed by atoms with Crippen molar-refractivity contribution in [3.63, 3.8) is 0 Å². The summed E-state index contributed by atoms with van der Waals surface area (Å²) in [5, 5.41) is 6.62. The van der Waals surface area contributed by atoms with Gasteiger partial charge in [0.2, 0.25) is 0 Å². The summed E-state index contributed by atoms with van der Waals surface area (Å²) in [7, 11) is -3.21. The number of sulfone groups is 1. The Hall–Kier alpha value is -2.07. The topological polar surface area (TPSA) is 73.8 Å². The van der Waals surface area contributed by atoms with Gasteiger partial charge in [0.1, 0.15) is 0 Å². The van der Waals surface area contributed by atoms with Gasteiger partial charge in [0.25, 0.3) is 0 Å². The largest absolute Gasteiger partial charge is 0.364 e. The van der Waals surface area contributed by atoms with E-state index < -0.39 is 9.84 Å². The molecule has 8 heteroatoms. The van der Waals surface area contributed by atoms with Gasteiger partial charge in [0.15, 0.2) is 15.8 Å². The van der Waals surface area contributed by atoms with Crippen molar-refractivity contribution in [1.29, 1.82) is 0 Å². The molecule has 6 nitrogen and oxygen atoms in total. The Morgan fingerprint density at radius 2 is 1.68 bits per heavy atom. The number of nitrogens with one attached hydrogen (secondary N) is 2. The average Bonchev–Trinajstić information content (AvgIpc) is 3.24. The van der Waals surface area contributed by atoms with Crippen molar-refractivity contribution >= 4 is 45.5 Å². The molecular formula is C23H31IN4O2S. The molecule has 0 saturated heterocycles. The van der Waals surface area contributed by atoms with E-state index in [9.17, 15) is 8.42 Å². The van der Waals surface area contributed by atoms with Gasteiger partial charge in [-0.1, -0.05) is 36.4 Å². The van der Waals surface area contributed by atoms with Gasteiger partial charge >= 0.3 is 0 Å². The smallest absolute Gasteiger partial charge is 0.191 e. The number of benzene rings is 2. The summed E-state index contributed by atoms with van der Waals surface area (Å²) in [5.41, 5.74) is 4.14. The number of anilines is 1. The van der Waals surface area contributed by atoms with Crippen LogP contribution in [-0.4, -0.2) is 40.3 Å². The lowest BCUT2D eigenvalue weighted by Gasteiger charge is -2.18. The van der Waals surface area contributed by atoms with Crippen molar-refractivity contribution in [2.45, 2.75) is 31.8 Å². The van der Waals surface area contributed by atoms with Crippen LogP contribution in [0.1, 0.15) is 23.6 Å². The second-order valence-corrected chi connectivity index (χ2v) is 9.45. The van der Waals surface area contributed by atoms with E-state index in [0.717, 1.165) is 36.7 Å². The van der Waals surface area contributed by atoms with Gasteiger partial charge in [0.05, 0.1) is 11.4 Å². The SMILES string of the molecule is CCNC(=NCc1ccc(S(C)(=O)=O)c(C)c1)NCc1ccc(N2CC=CC2)cc1.I. The molecule has 1 aliphatic heterocycles. The second-order valence-electron chi connectivity index (χ2n) is 7.46. The predicted octanol–water partition coefficient (Wildman–Crippen LogP) is 3.65. The molecule has 0 bridgehead atoms. The quantitative estimate of drug-likeness (QED) is 0.237. The summed E-state index contributed by atoms with van der Waals surface area (Å²) in [5.74, 6) is 0.732. The molecule has 0 atom stereocenters. The summed E-state index contributed by atoms with van der Waals surface area (Å²) in [4.78, 5) is 7.33. The van der Waals surface area contributed by atoms with Crippen LogP contribution in [-0.2, 0) is 22.9 Å². The highest BCUT2D eigenvalue weighted by molar-refractivity contribution is 14.0. The van der Waals surface area contributed by atoms with E-state index in [1.807, 2.05) is 26.0 Å².